The zero-order valence-corrected chi connectivity index (χ0v) is 22.7. The monoisotopic (exact) mass is 570 g/mol. The van der Waals surface area contributed by atoms with Crippen molar-refractivity contribution in [3.63, 3.8) is 0 Å². The third-order valence-corrected chi connectivity index (χ3v) is 7.74. The highest BCUT2D eigenvalue weighted by Gasteiger charge is 2.56. The number of para-hydroxylation sites is 2. The Balaban J connectivity index is 1.56. The lowest BCUT2D eigenvalue weighted by Gasteiger charge is -2.33. The Hall–Kier alpha value is -2.84. The summed E-state index contributed by atoms with van der Waals surface area (Å²) in [6, 6.07) is 20.8. The third-order valence-electron chi connectivity index (χ3n) is 7.10. The third kappa shape index (κ3) is 4.89. The number of likely N-dealkylation sites (N-methyl/N-ethyl adjacent to an activating group) is 1. The molecule has 0 spiro atoms. The second-order valence-corrected chi connectivity index (χ2v) is 10.7. The van der Waals surface area contributed by atoms with Gasteiger partial charge in [-0.15, -0.1) is 0 Å². The first-order valence-electron chi connectivity index (χ1n) is 12.6. The first kappa shape index (κ1) is 25.8. The Morgan fingerprint density at radius 3 is 2.24 bits per heavy atom. The zero-order chi connectivity index (χ0) is 26.3. The summed E-state index contributed by atoms with van der Waals surface area (Å²) in [7, 11) is 0. The van der Waals surface area contributed by atoms with E-state index in [1.807, 2.05) is 84.6 Å². The summed E-state index contributed by atoms with van der Waals surface area (Å²) in [5.41, 5.74) is 4.57. The predicted molar refractivity (Wildman–Crippen MR) is 148 cm³/mol. The van der Waals surface area contributed by atoms with Crippen LogP contribution in [0, 0.1) is 0 Å². The van der Waals surface area contributed by atoms with Gasteiger partial charge in [0.05, 0.1) is 23.1 Å². The van der Waals surface area contributed by atoms with Crippen LogP contribution in [0.25, 0.3) is 0 Å². The number of fused-ring (bicyclic) bond motifs is 3. The fourth-order valence-electron chi connectivity index (χ4n) is 5.16. The van der Waals surface area contributed by atoms with Gasteiger partial charge in [0, 0.05) is 17.6 Å². The molecular formula is C29H30BrF3N4. The van der Waals surface area contributed by atoms with Gasteiger partial charge in [0.1, 0.15) is 0 Å². The lowest BCUT2D eigenvalue weighted by molar-refractivity contribution is -0.150. The molecule has 2 unspecified atom stereocenters. The first-order valence-corrected chi connectivity index (χ1v) is 13.4. The van der Waals surface area contributed by atoms with Gasteiger partial charge in [0.25, 0.3) is 0 Å². The van der Waals surface area contributed by atoms with E-state index in [1.165, 1.54) is 0 Å². The maximum absolute atomic E-state index is 14.4. The zero-order valence-electron chi connectivity index (χ0n) is 21.1. The first-order chi connectivity index (χ1) is 17.7. The van der Waals surface area contributed by atoms with E-state index in [1.54, 1.807) is 4.90 Å². The van der Waals surface area contributed by atoms with Gasteiger partial charge in [-0.25, -0.2) is 4.99 Å². The molecule has 4 nitrogen and oxygen atoms in total. The van der Waals surface area contributed by atoms with Crippen molar-refractivity contribution in [1.82, 2.24) is 4.90 Å². The van der Waals surface area contributed by atoms with Crippen molar-refractivity contribution in [1.29, 1.82) is 0 Å². The molecule has 0 saturated heterocycles. The lowest BCUT2D eigenvalue weighted by atomic mass is 10.0. The fraction of sp³-hybridized carbons (Fsp3) is 0.345. The number of hydrogen-bond acceptors (Lipinski definition) is 4. The van der Waals surface area contributed by atoms with Crippen molar-refractivity contribution < 1.29 is 13.2 Å². The van der Waals surface area contributed by atoms with Gasteiger partial charge >= 0.3 is 6.18 Å². The number of benzene rings is 3. The molecule has 0 fully saturated rings. The van der Waals surface area contributed by atoms with Crippen molar-refractivity contribution in [3.05, 3.63) is 88.4 Å². The van der Waals surface area contributed by atoms with Crippen LogP contribution in [0.15, 0.2) is 82.3 Å². The smallest absolute Gasteiger partial charge is 0.303 e. The van der Waals surface area contributed by atoms with Crippen molar-refractivity contribution in [2.75, 3.05) is 22.9 Å². The minimum atomic E-state index is -4.46. The standard InChI is InChI=1S/C29H30BrF3N4/c1-4-35(17-20-10-6-5-7-11-20)18-26-27(29(31,32)33)34-28-36(24-12-8-9-13-25(24)37(26)28)23-15-14-21(19(2)3)16-22(23)30/h5-16,19,26-27H,4,17-18H2,1-3H3. The van der Waals surface area contributed by atoms with E-state index in [0.717, 1.165) is 32.7 Å². The van der Waals surface area contributed by atoms with E-state index >= 15 is 0 Å². The van der Waals surface area contributed by atoms with Crippen molar-refractivity contribution in [2.24, 2.45) is 4.99 Å². The lowest BCUT2D eigenvalue weighted by Crippen LogP contribution is -2.51. The average molecular weight is 571 g/mol. The molecule has 2 aliphatic heterocycles. The molecule has 2 atom stereocenters. The largest absolute Gasteiger partial charge is 0.412 e. The molecule has 3 aromatic rings. The number of anilines is 3. The van der Waals surface area contributed by atoms with Crippen LogP contribution >= 0.6 is 15.9 Å². The molecule has 0 N–H and O–H groups in total. The summed E-state index contributed by atoms with van der Waals surface area (Å²) in [6.07, 6.45) is -4.46. The van der Waals surface area contributed by atoms with Gasteiger partial charge < -0.3 is 4.90 Å². The fourth-order valence-corrected chi connectivity index (χ4v) is 5.74. The molecule has 0 aliphatic carbocycles. The quantitative estimate of drug-likeness (QED) is 0.290. The Labute approximate surface area is 224 Å². The van der Waals surface area contributed by atoms with Crippen LogP contribution in [0.2, 0.25) is 0 Å². The predicted octanol–water partition coefficient (Wildman–Crippen LogP) is 7.72. The maximum atomic E-state index is 14.4. The van der Waals surface area contributed by atoms with Crippen LogP contribution in [-0.4, -0.2) is 42.2 Å². The highest BCUT2D eigenvalue weighted by molar-refractivity contribution is 9.10. The van der Waals surface area contributed by atoms with Crippen LogP contribution in [0.1, 0.15) is 37.8 Å². The number of hydrogen-bond donors (Lipinski definition) is 0. The summed E-state index contributed by atoms with van der Waals surface area (Å²) < 4.78 is 44.2. The number of nitrogens with zero attached hydrogens (tertiary/aromatic N) is 4. The minimum Gasteiger partial charge on any atom is -0.303 e. The Morgan fingerprint density at radius 1 is 0.946 bits per heavy atom. The number of rotatable bonds is 7. The van der Waals surface area contributed by atoms with Gasteiger partial charge in [0.15, 0.2) is 6.04 Å². The van der Waals surface area contributed by atoms with Crippen molar-refractivity contribution in [2.45, 2.75) is 51.5 Å². The molecule has 37 heavy (non-hydrogen) atoms. The number of alkyl halides is 3. The van der Waals surface area contributed by atoms with Gasteiger partial charge in [-0.1, -0.05) is 69.3 Å². The molecule has 0 radical (unpaired) electrons. The Kier molecular flexibility index (Phi) is 7.07. The normalized spacial score (nSPS) is 19.0. The molecule has 2 heterocycles. The van der Waals surface area contributed by atoms with E-state index in [0.29, 0.717) is 25.0 Å². The van der Waals surface area contributed by atoms with E-state index in [9.17, 15) is 13.2 Å². The average Bonchev–Trinajstić information content (AvgIpc) is 3.39. The van der Waals surface area contributed by atoms with Crippen LogP contribution < -0.4 is 9.80 Å². The van der Waals surface area contributed by atoms with Gasteiger partial charge in [-0.05, 0) is 63.8 Å². The molecule has 0 amide bonds. The molecule has 0 aromatic heterocycles. The van der Waals surface area contributed by atoms with Crippen molar-refractivity contribution >= 4 is 39.0 Å². The number of halogens is 4. The summed E-state index contributed by atoms with van der Waals surface area (Å²) >= 11 is 3.69. The molecule has 3 aromatic carbocycles. The number of aliphatic imine (C=N–C) groups is 1. The molecule has 0 saturated carbocycles. The molecular weight excluding hydrogens is 541 g/mol. The molecule has 194 valence electrons. The summed E-state index contributed by atoms with van der Waals surface area (Å²) in [4.78, 5) is 10.1. The van der Waals surface area contributed by atoms with Crippen LogP contribution in [-0.2, 0) is 6.54 Å². The molecule has 0 bridgehead atoms. The van der Waals surface area contributed by atoms with Gasteiger partial charge in [-0.3, -0.25) is 9.80 Å². The van der Waals surface area contributed by atoms with Crippen molar-refractivity contribution in [3.8, 4) is 0 Å². The van der Waals surface area contributed by atoms with Gasteiger partial charge in [-0.2, -0.15) is 13.2 Å². The summed E-state index contributed by atoms with van der Waals surface area (Å²) in [6.45, 7) is 7.66. The maximum Gasteiger partial charge on any atom is 0.412 e. The minimum absolute atomic E-state index is 0.234. The highest BCUT2D eigenvalue weighted by atomic mass is 79.9. The Bertz CT molecular complexity index is 1290. The number of guanidine groups is 1. The Morgan fingerprint density at radius 2 is 1.62 bits per heavy atom. The molecule has 2 aliphatic rings. The summed E-state index contributed by atoms with van der Waals surface area (Å²) in [5.74, 6) is 0.655. The van der Waals surface area contributed by atoms with E-state index < -0.39 is 18.3 Å². The van der Waals surface area contributed by atoms with E-state index in [4.69, 9.17) is 0 Å². The SMILES string of the molecule is CCN(Cc1ccccc1)CC1C(C(F)(F)F)N=C2N(c3ccc(C(C)C)cc3Br)c3ccccc3N21. The molecule has 5 rings (SSSR count). The van der Waals surface area contributed by atoms with Gasteiger partial charge in [0.2, 0.25) is 5.96 Å². The van der Waals surface area contributed by atoms with Crippen LogP contribution in [0.4, 0.5) is 30.2 Å². The second kappa shape index (κ2) is 10.1. The van der Waals surface area contributed by atoms with Crippen LogP contribution in [0.5, 0.6) is 0 Å². The van der Waals surface area contributed by atoms with Crippen LogP contribution in [0.3, 0.4) is 0 Å². The van der Waals surface area contributed by atoms with E-state index in [-0.39, 0.29) is 6.54 Å². The highest BCUT2D eigenvalue weighted by Crippen LogP contribution is 2.49. The topological polar surface area (TPSA) is 22.1 Å². The molecule has 8 heteroatoms. The summed E-state index contributed by atoms with van der Waals surface area (Å²) in [5, 5.41) is 0. The second-order valence-electron chi connectivity index (χ2n) is 9.86. The van der Waals surface area contributed by atoms with E-state index in [2.05, 4.69) is 39.7 Å².